The highest BCUT2D eigenvalue weighted by Gasteiger charge is 2.21. The van der Waals surface area contributed by atoms with Crippen LogP contribution in [0.2, 0.25) is 0 Å². The van der Waals surface area contributed by atoms with Crippen molar-refractivity contribution in [3.63, 3.8) is 0 Å². The number of rotatable bonds is 5. The van der Waals surface area contributed by atoms with Crippen LogP contribution in [0.3, 0.4) is 0 Å². The molecule has 1 saturated carbocycles. The predicted octanol–water partition coefficient (Wildman–Crippen LogP) is 3.63. The van der Waals surface area contributed by atoms with Gasteiger partial charge in [-0.1, -0.05) is 41.3 Å². The van der Waals surface area contributed by atoms with Gasteiger partial charge in [0.2, 0.25) is 0 Å². The van der Waals surface area contributed by atoms with E-state index < -0.39 is 6.10 Å². The third-order valence-corrected chi connectivity index (χ3v) is 4.81. The van der Waals surface area contributed by atoms with Gasteiger partial charge in [-0.15, -0.1) is 0 Å². The summed E-state index contributed by atoms with van der Waals surface area (Å²) in [4.78, 5) is 2.32. The summed E-state index contributed by atoms with van der Waals surface area (Å²) < 4.78 is 0.934. The van der Waals surface area contributed by atoms with Gasteiger partial charge >= 0.3 is 0 Å². The Bertz CT molecular complexity index is 430. The lowest BCUT2D eigenvalue weighted by Gasteiger charge is -2.36. The Kier molecular flexibility index (Phi) is 5.87. The molecule has 2 rings (SSSR count). The fourth-order valence-corrected chi connectivity index (χ4v) is 3.75. The highest BCUT2D eigenvalue weighted by atomic mass is 79.9. The Morgan fingerprint density at radius 2 is 2.00 bits per heavy atom. The summed E-state index contributed by atoms with van der Waals surface area (Å²) in [7, 11) is 0. The van der Waals surface area contributed by atoms with E-state index in [1.165, 1.54) is 32.1 Å². The van der Waals surface area contributed by atoms with Crippen LogP contribution in [-0.4, -0.2) is 29.4 Å². The number of hydrogen-bond acceptors (Lipinski definition) is 3. The van der Waals surface area contributed by atoms with Crippen LogP contribution < -0.4 is 4.90 Å². The lowest BCUT2D eigenvalue weighted by molar-refractivity contribution is 0.198. The molecule has 0 bridgehead atoms. The molecule has 0 aliphatic heterocycles. The van der Waals surface area contributed by atoms with Gasteiger partial charge in [-0.05, 0) is 37.5 Å². The lowest BCUT2D eigenvalue weighted by Crippen LogP contribution is -2.38. The lowest BCUT2D eigenvalue weighted by atomic mass is 9.93. The van der Waals surface area contributed by atoms with E-state index in [1.54, 1.807) is 6.92 Å². The number of halogens is 1. The standard InChI is InChI=1S/C16H24BrNO2/c1-12(20)15-8-7-14(11-16(15)17)18(9-10-19)13-5-3-2-4-6-13/h7-8,11-13,19-20H,2-6,9-10H2,1H3. The SMILES string of the molecule is CC(O)c1ccc(N(CCO)C2CCCCC2)cc1Br. The second-order valence-electron chi connectivity index (χ2n) is 5.59. The summed E-state index contributed by atoms with van der Waals surface area (Å²) >= 11 is 3.54. The van der Waals surface area contributed by atoms with Gasteiger partial charge in [-0.3, -0.25) is 0 Å². The monoisotopic (exact) mass is 341 g/mol. The largest absolute Gasteiger partial charge is 0.395 e. The van der Waals surface area contributed by atoms with Gasteiger partial charge in [-0.2, -0.15) is 0 Å². The van der Waals surface area contributed by atoms with Gasteiger partial charge in [0, 0.05) is 22.7 Å². The minimum atomic E-state index is -0.473. The van der Waals surface area contributed by atoms with Gasteiger partial charge in [0.1, 0.15) is 0 Å². The molecule has 1 aromatic rings. The summed E-state index contributed by atoms with van der Waals surface area (Å²) in [5.74, 6) is 0. The fourth-order valence-electron chi connectivity index (χ4n) is 3.06. The van der Waals surface area contributed by atoms with Gasteiger partial charge in [0.05, 0.1) is 12.7 Å². The summed E-state index contributed by atoms with van der Waals surface area (Å²) in [5, 5.41) is 19.0. The molecule has 0 saturated heterocycles. The average molecular weight is 342 g/mol. The van der Waals surface area contributed by atoms with Crippen molar-refractivity contribution in [1.29, 1.82) is 0 Å². The molecule has 1 atom stereocenters. The Hall–Kier alpha value is -0.580. The van der Waals surface area contributed by atoms with Crippen LogP contribution >= 0.6 is 15.9 Å². The molecule has 0 aromatic heterocycles. The first kappa shape index (κ1) is 15.8. The van der Waals surface area contributed by atoms with Crippen molar-refractivity contribution in [3.05, 3.63) is 28.2 Å². The Balaban J connectivity index is 2.22. The predicted molar refractivity (Wildman–Crippen MR) is 86.1 cm³/mol. The van der Waals surface area contributed by atoms with Crippen molar-refractivity contribution in [3.8, 4) is 0 Å². The van der Waals surface area contributed by atoms with Crippen molar-refractivity contribution < 1.29 is 10.2 Å². The maximum Gasteiger partial charge on any atom is 0.0772 e. The molecule has 3 nitrogen and oxygen atoms in total. The van der Waals surface area contributed by atoms with E-state index in [9.17, 15) is 10.2 Å². The first-order valence-electron chi connectivity index (χ1n) is 7.48. The van der Waals surface area contributed by atoms with E-state index in [1.807, 2.05) is 6.07 Å². The summed E-state index contributed by atoms with van der Waals surface area (Å²) in [6.45, 7) is 2.61. The van der Waals surface area contributed by atoms with Crippen molar-refractivity contribution >= 4 is 21.6 Å². The van der Waals surface area contributed by atoms with E-state index >= 15 is 0 Å². The molecule has 20 heavy (non-hydrogen) atoms. The minimum Gasteiger partial charge on any atom is -0.395 e. The van der Waals surface area contributed by atoms with Gasteiger partial charge in [0.15, 0.2) is 0 Å². The van der Waals surface area contributed by atoms with Crippen molar-refractivity contribution in [2.75, 3.05) is 18.1 Å². The molecule has 2 N–H and O–H groups in total. The maximum absolute atomic E-state index is 9.70. The van der Waals surface area contributed by atoms with Gasteiger partial charge < -0.3 is 15.1 Å². The molecule has 1 aliphatic rings. The summed E-state index contributed by atoms with van der Waals surface area (Å²) in [5.41, 5.74) is 2.03. The van der Waals surface area contributed by atoms with Gasteiger partial charge in [-0.25, -0.2) is 0 Å². The zero-order valence-electron chi connectivity index (χ0n) is 12.1. The highest BCUT2D eigenvalue weighted by molar-refractivity contribution is 9.10. The second kappa shape index (κ2) is 7.43. The van der Waals surface area contributed by atoms with Crippen LogP contribution in [0.4, 0.5) is 5.69 Å². The van der Waals surface area contributed by atoms with E-state index in [0.717, 1.165) is 15.7 Å². The number of benzene rings is 1. The number of aliphatic hydroxyl groups excluding tert-OH is 2. The Labute approximate surface area is 129 Å². The molecule has 0 spiro atoms. The zero-order valence-corrected chi connectivity index (χ0v) is 13.6. The van der Waals surface area contributed by atoms with Crippen LogP contribution in [-0.2, 0) is 0 Å². The van der Waals surface area contributed by atoms with Crippen molar-refractivity contribution in [2.24, 2.45) is 0 Å². The number of hydrogen-bond donors (Lipinski definition) is 2. The van der Waals surface area contributed by atoms with E-state index in [4.69, 9.17) is 0 Å². The molecular weight excluding hydrogens is 318 g/mol. The normalized spacial score (nSPS) is 18.0. The van der Waals surface area contributed by atoms with Crippen molar-refractivity contribution in [1.82, 2.24) is 0 Å². The quantitative estimate of drug-likeness (QED) is 0.859. The molecule has 0 radical (unpaired) electrons. The van der Waals surface area contributed by atoms with Crippen LogP contribution in [0.25, 0.3) is 0 Å². The van der Waals surface area contributed by atoms with Gasteiger partial charge in [0.25, 0.3) is 0 Å². The second-order valence-corrected chi connectivity index (χ2v) is 6.44. The fraction of sp³-hybridized carbons (Fsp3) is 0.625. The molecule has 0 amide bonds. The Morgan fingerprint density at radius 3 is 2.55 bits per heavy atom. The molecule has 0 heterocycles. The minimum absolute atomic E-state index is 0.173. The zero-order chi connectivity index (χ0) is 14.5. The smallest absolute Gasteiger partial charge is 0.0772 e. The maximum atomic E-state index is 9.70. The summed E-state index contributed by atoms with van der Waals surface area (Å²) in [6, 6.07) is 6.61. The molecule has 112 valence electrons. The number of anilines is 1. The highest BCUT2D eigenvalue weighted by Crippen LogP contribution is 2.32. The molecule has 1 aromatic carbocycles. The van der Waals surface area contributed by atoms with Crippen molar-refractivity contribution in [2.45, 2.75) is 51.2 Å². The third-order valence-electron chi connectivity index (χ3n) is 4.12. The molecular formula is C16H24BrNO2. The first-order valence-corrected chi connectivity index (χ1v) is 8.27. The van der Waals surface area contributed by atoms with E-state index in [0.29, 0.717) is 12.6 Å². The van der Waals surface area contributed by atoms with Crippen LogP contribution in [0, 0.1) is 0 Å². The van der Waals surface area contributed by atoms with Crippen LogP contribution in [0.5, 0.6) is 0 Å². The number of aliphatic hydroxyl groups is 2. The molecule has 1 aliphatic carbocycles. The number of nitrogens with zero attached hydrogens (tertiary/aromatic N) is 1. The third kappa shape index (κ3) is 3.74. The first-order chi connectivity index (χ1) is 9.63. The van der Waals surface area contributed by atoms with E-state index in [-0.39, 0.29) is 6.61 Å². The summed E-state index contributed by atoms with van der Waals surface area (Å²) in [6.07, 6.45) is 5.82. The topological polar surface area (TPSA) is 43.7 Å². The van der Waals surface area contributed by atoms with E-state index in [2.05, 4.69) is 33.0 Å². The molecule has 1 unspecified atom stereocenters. The van der Waals surface area contributed by atoms with Crippen LogP contribution in [0.1, 0.15) is 50.7 Å². The molecule has 1 fully saturated rings. The average Bonchev–Trinajstić information content (AvgIpc) is 2.45. The Morgan fingerprint density at radius 1 is 1.30 bits per heavy atom. The molecule has 4 heteroatoms. The van der Waals surface area contributed by atoms with Crippen LogP contribution in [0.15, 0.2) is 22.7 Å².